The predicted molar refractivity (Wildman–Crippen MR) is 266 cm³/mol. The van der Waals surface area contributed by atoms with Gasteiger partial charge in [-0.25, -0.2) is 4.21 Å². The van der Waals surface area contributed by atoms with Crippen molar-refractivity contribution in [2.45, 2.75) is 87.5 Å². The maximum atomic E-state index is 13.5. The Bertz CT molecular complexity index is 3200. The summed E-state index contributed by atoms with van der Waals surface area (Å²) in [4.78, 5) is 25.7. The van der Waals surface area contributed by atoms with Crippen LogP contribution in [-0.4, -0.2) is 80.4 Å². The molecule has 2 amide bonds. The average Bonchev–Trinajstić information content (AvgIpc) is 3.83. The molecule has 0 bridgehead atoms. The topological polar surface area (TPSA) is 286 Å². The molecule has 8 rings (SSSR count). The van der Waals surface area contributed by atoms with Crippen molar-refractivity contribution < 1.29 is 45.5 Å². The summed E-state index contributed by atoms with van der Waals surface area (Å²) in [5.41, 5.74) is 21.7. The van der Waals surface area contributed by atoms with Crippen molar-refractivity contribution >= 4 is 54.9 Å². The summed E-state index contributed by atoms with van der Waals surface area (Å²) in [5, 5.41) is 15.2. The number of carbonyl (C=O) groups excluding carboxylic acids is 2. The number of methoxy groups -OCH3 is 1. The molecule has 1 aliphatic carbocycles. The van der Waals surface area contributed by atoms with Crippen LogP contribution in [0.1, 0.15) is 114 Å². The van der Waals surface area contributed by atoms with Crippen molar-refractivity contribution in [1.29, 1.82) is 0 Å². The molecule has 5 unspecified atom stereocenters. The van der Waals surface area contributed by atoms with E-state index in [1.807, 2.05) is 54.0 Å². The third kappa shape index (κ3) is 9.45. The van der Waals surface area contributed by atoms with Crippen molar-refractivity contribution in [3.63, 3.8) is 0 Å². The molecular weight excluding hydrogens is 960 g/mol. The molecule has 10 N–H and O–H groups in total. The molecule has 1 spiro atoms. The van der Waals surface area contributed by atoms with Crippen LogP contribution in [0.25, 0.3) is 5.69 Å². The van der Waals surface area contributed by atoms with Crippen molar-refractivity contribution in [2.24, 2.45) is 11.5 Å². The molecule has 70 heavy (non-hydrogen) atoms. The lowest BCUT2D eigenvalue weighted by Crippen LogP contribution is -2.42. The minimum atomic E-state index is -5.00. The van der Waals surface area contributed by atoms with Crippen LogP contribution in [0.5, 0.6) is 11.5 Å². The number of hydrogen-bond acceptors (Lipinski definition) is 13. The van der Waals surface area contributed by atoms with Crippen LogP contribution in [0.4, 0.5) is 5.69 Å². The second kappa shape index (κ2) is 19.6. The number of nitrogens with one attached hydrogen (secondary N) is 2. The van der Waals surface area contributed by atoms with E-state index in [0.29, 0.717) is 71.5 Å². The Labute approximate surface area is 411 Å². The minimum absolute atomic E-state index is 0.0240. The highest BCUT2D eigenvalue weighted by Gasteiger charge is 2.56. The van der Waals surface area contributed by atoms with Gasteiger partial charge in [-0.05, 0) is 122 Å². The normalized spacial score (nSPS) is 20.0. The van der Waals surface area contributed by atoms with E-state index in [9.17, 15) is 31.3 Å². The van der Waals surface area contributed by atoms with E-state index in [4.69, 9.17) is 43.0 Å². The first-order valence-electron chi connectivity index (χ1n) is 22.5. The molecular formula is C49H55ClN8O10S2. The zero-order valence-corrected chi connectivity index (χ0v) is 41.3. The van der Waals surface area contributed by atoms with Crippen LogP contribution >= 0.6 is 11.6 Å². The largest absolute Gasteiger partial charge is 0.497 e. The Balaban J connectivity index is 0.895. The van der Waals surface area contributed by atoms with E-state index >= 15 is 0 Å². The van der Waals surface area contributed by atoms with Gasteiger partial charge in [0.1, 0.15) is 27.1 Å². The molecule has 1 aromatic heterocycles. The second-order valence-electron chi connectivity index (χ2n) is 17.6. The number of halogens is 1. The molecule has 0 saturated carbocycles. The van der Waals surface area contributed by atoms with E-state index in [1.165, 1.54) is 12.1 Å². The second-order valence-corrected chi connectivity index (χ2v) is 21.1. The standard InChI is InChI=1S/C49H55ClN8O10S2/c1-26(29-9-12-31(50)13-10-29)33-24-32(66-4)14-20-41(33)58-28(3)56-57-47(58)40(53)25-42(59)54-21-7-6-8-22-55-48(60)30-11-15-35-34(23-30)27(2)68-49(35)36-16-18-38(51)45(69(5,61)62)43(36)67-44-37(49)17-19-39(52)46(44)70(63,64)65/h9-17,19-20,23-24,26-27,38,40H,5-8,18,21-22,25,51-53H2,1-4H3,(H,54,59)(H,55,60)(H,61,62)(H,63,64,65)/t26?,27?,38?,40-,49?/m0/s1. The first-order chi connectivity index (χ1) is 33.1. The molecule has 3 aliphatic rings. The van der Waals surface area contributed by atoms with Gasteiger partial charge in [0.25, 0.3) is 16.0 Å². The van der Waals surface area contributed by atoms with Gasteiger partial charge in [0.2, 0.25) is 5.91 Å². The first-order valence-corrected chi connectivity index (χ1v) is 26.0. The number of aromatic nitrogens is 3. The van der Waals surface area contributed by atoms with E-state index in [0.717, 1.165) is 16.8 Å². The van der Waals surface area contributed by atoms with Gasteiger partial charge in [-0.3, -0.25) is 18.7 Å². The number of nitrogens with two attached hydrogens (primary N) is 3. The Hall–Kier alpha value is -6.10. The number of fused-ring (bicyclic) bond motifs is 6. The monoisotopic (exact) mass is 1010 g/mol. The first kappa shape index (κ1) is 50.3. The van der Waals surface area contributed by atoms with Crippen LogP contribution in [-0.2, 0) is 35.1 Å². The minimum Gasteiger partial charge on any atom is -0.497 e. The van der Waals surface area contributed by atoms with Crippen LogP contribution in [0.15, 0.2) is 100 Å². The maximum absolute atomic E-state index is 13.5. The summed E-state index contributed by atoms with van der Waals surface area (Å²) in [5.74, 6) is 3.89. The highest BCUT2D eigenvalue weighted by molar-refractivity contribution is 7.98. The molecule has 2 aliphatic heterocycles. The van der Waals surface area contributed by atoms with Crippen LogP contribution < -0.4 is 37.3 Å². The maximum Gasteiger partial charge on any atom is 0.300 e. The van der Waals surface area contributed by atoms with Crippen molar-refractivity contribution in [3.05, 3.63) is 145 Å². The number of benzene rings is 4. The number of nitrogen functional groups attached to an aromatic ring is 1. The molecule has 0 fully saturated rings. The summed E-state index contributed by atoms with van der Waals surface area (Å²) in [6.45, 7) is 6.42. The number of anilines is 1. The molecule has 0 saturated heterocycles. The quantitative estimate of drug-likeness (QED) is 0.0254. The van der Waals surface area contributed by atoms with Crippen LogP contribution in [0.2, 0.25) is 5.02 Å². The molecule has 5 aromatic rings. The zero-order valence-electron chi connectivity index (χ0n) is 38.9. The van der Waals surface area contributed by atoms with Crippen LogP contribution in [0.3, 0.4) is 0 Å². The van der Waals surface area contributed by atoms with Gasteiger partial charge < -0.3 is 46.6 Å². The number of unbranched alkanes of at least 4 members (excludes halogenated alkanes) is 2. The molecule has 370 valence electrons. The average molecular weight is 1020 g/mol. The van der Waals surface area contributed by atoms with Crippen molar-refractivity contribution in [1.82, 2.24) is 25.4 Å². The fourth-order valence-electron chi connectivity index (χ4n) is 9.56. The highest BCUT2D eigenvalue weighted by atomic mass is 35.5. The summed E-state index contributed by atoms with van der Waals surface area (Å²) in [7, 11) is -7.41. The third-order valence-electron chi connectivity index (χ3n) is 12.9. The number of rotatable bonds is 16. The van der Waals surface area contributed by atoms with Gasteiger partial charge in [0.15, 0.2) is 22.1 Å². The lowest BCUT2D eigenvalue weighted by molar-refractivity contribution is -0.121. The molecule has 18 nitrogen and oxygen atoms in total. The van der Waals surface area contributed by atoms with Crippen LogP contribution in [0, 0.1) is 6.92 Å². The summed E-state index contributed by atoms with van der Waals surface area (Å²) in [6.07, 6.45) is 3.05. The van der Waals surface area contributed by atoms with Gasteiger partial charge in [0, 0.05) is 53.2 Å². The van der Waals surface area contributed by atoms with E-state index in [-0.39, 0.29) is 58.1 Å². The summed E-state index contributed by atoms with van der Waals surface area (Å²) in [6, 6.07) is 19.4. The summed E-state index contributed by atoms with van der Waals surface area (Å²) < 4.78 is 80.0. The third-order valence-corrected chi connectivity index (χ3v) is 15.3. The number of nitrogens with zero attached hydrogens (tertiary/aromatic N) is 3. The van der Waals surface area contributed by atoms with Crippen molar-refractivity contribution in [3.8, 4) is 17.2 Å². The van der Waals surface area contributed by atoms with Crippen molar-refractivity contribution in [2.75, 3.05) is 25.9 Å². The SMILES string of the molecule is C=S(=O)(O)C1=C2Oc3c(ccc(N)c3S(=O)(=O)O)C3(OC(C)c4cc(C(=O)NCCCCCNC(=O)C[C@H](N)c5nnc(C)n5-c5ccc(OC)cc5C(C)c5ccc(Cl)cc5)ccc43)C2=CCC1N. The van der Waals surface area contributed by atoms with E-state index < -0.39 is 54.4 Å². The number of aryl methyl sites for hydroxylation is 1. The Morgan fingerprint density at radius 3 is 2.39 bits per heavy atom. The molecule has 4 aromatic carbocycles. The Kier molecular flexibility index (Phi) is 14.1. The Morgan fingerprint density at radius 2 is 1.70 bits per heavy atom. The fraction of sp³-hybridized carbons (Fsp3) is 0.327. The zero-order chi connectivity index (χ0) is 50.4. The van der Waals surface area contributed by atoms with Gasteiger partial charge in [-0.2, -0.15) is 8.42 Å². The molecule has 3 heterocycles. The highest BCUT2D eigenvalue weighted by Crippen LogP contribution is 2.61. The smallest absolute Gasteiger partial charge is 0.300 e. The van der Waals surface area contributed by atoms with E-state index in [1.54, 1.807) is 38.3 Å². The number of hydrogen-bond donors (Lipinski definition) is 7. The molecule has 21 heteroatoms. The molecule has 0 radical (unpaired) electrons. The number of amides is 2. The van der Waals surface area contributed by atoms with Gasteiger partial charge in [-0.1, -0.05) is 42.8 Å². The lowest BCUT2D eigenvalue weighted by atomic mass is 9.74. The predicted octanol–water partition coefficient (Wildman–Crippen LogP) is 6.11. The fourth-order valence-corrected chi connectivity index (χ4v) is 11.4. The Morgan fingerprint density at radius 1 is 1.00 bits per heavy atom. The van der Waals surface area contributed by atoms with Gasteiger partial charge >= 0.3 is 0 Å². The molecule has 6 atom stereocenters. The van der Waals surface area contributed by atoms with Gasteiger partial charge in [0.05, 0.1) is 35.5 Å². The van der Waals surface area contributed by atoms with E-state index in [2.05, 4.69) is 33.6 Å². The number of ether oxygens (including phenoxy) is 3. The number of carbonyl (C=O) groups is 2. The summed E-state index contributed by atoms with van der Waals surface area (Å²) >= 11 is 6.17. The lowest BCUT2D eigenvalue weighted by Gasteiger charge is -2.42. The van der Waals surface area contributed by atoms with Gasteiger partial charge in [-0.15, -0.1) is 10.2 Å².